The second-order valence-electron chi connectivity index (χ2n) is 3.23. The molecule has 0 atom stereocenters. The molecule has 5 heteroatoms. The summed E-state index contributed by atoms with van der Waals surface area (Å²) in [4.78, 5) is 14.5. The normalized spacial score (nSPS) is 9.94. The second kappa shape index (κ2) is 4.61. The molecule has 1 N–H and O–H groups in total. The van der Waals surface area contributed by atoms with Crippen LogP contribution in [0.15, 0.2) is 42.6 Å². The van der Waals surface area contributed by atoms with Gasteiger partial charge in [0.25, 0.3) is 0 Å². The second-order valence-corrected chi connectivity index (χ2v) is 3.23. The van der Waals surface area contributed by atoms with Crippen molar-refractivity contribution < 1.29 is 19.0 Å². The van der Waals surface area contributed by atoms with E-state index < -0.39 is 11.8 Å². The number of nitrogens with zero attached hydrogens (tertiary/aromatic N) is 1. The number of halogens is 1. The van der Waals surface area contributed by atoms with Gasteiger partial charge in [-0.15, -0.1) is 0 Å². The molecule has 0 aliphatic carbocycles. The lowest BCUT2D eigenvalue weighted by atomic mass is 10.2. The lowest BCUT2D eigenvalue weighted by Crippen LogP contribution is -2.02. The van der Waals surface area contributed by atoms with Crippen LogP contribution in [0.5, 0.6) is 11.6 Å². The number of rotatable bonds is 3. The van der Waals surface area contributed by atoms with Crippen LogP contribution in [0.25, 0.3) is 0 Å². The van der Waals surface area contributed by atoms with Crippen molar-refractivity contribution in [2.24, 2.45) is 0 Å². The molecular weight excluding hydrogens is 225 g/mol. The predicted molar refractivity (Wildman–Crippen MR) is 57.7 cm³/mol. The first-order valence-electron chi connectivity index (χ1n) is 4.78. The number of para-hydroxylation sites is 1. The number of aromatic nitrogens is 1. The fourth-order valence-electron chi connectivity index (χ4n) is 1.26. The molecule has 0 unspecified atom stereocenters. The monoisotopic (exact) mass is 233 g/mol. The molecule has 0 saturated heterocycles. The molecule has 0 radical (unpaired) electrons. The number of carbonyl (C=O) groups is 1. The molecule has 0 fully saturated rings. The molecule has 2 rings (SSSR count). The summed E-state index contributed by atoms with van der Waals surface area (Å²) in [6.45, 7) is 0. The van der Waals surface area contributed by atoms with Gasteiger partial charge in [-0.3, -0.25) is 0 Å². The Balaban J connectivity index is 2.36. The van der Waals surface area contributed by atoms with Crippen molar-refractivity contribution in [1.29, 1.82) is 0 Å². The number of pyridine rings is 1. The van der Waals surface area contributed by atoms with Gasteiger partial charge in [0, 0.05) is 0 Å². The third-order valence-corrected chi connectivity index (χ3v) is 2.01. The number of hydrogen-bond acceptors (Lipinski definition) is 3. The highest BCUT2D eigenvalue weighted by Gasteiger charge is 2.14. The molecule has 2 aromatic rings. The zero-order chi connectivity index (χ0) is 12.3. The van der Waals surface area contributed by atoms with Crippen LogP contribution in [0.3, 0.4) is 0 Å². The van der Waals surface area contributed by atoms with Crippen LogP contribution in [0.2, 0.25) is 0 Å². The van der Waals surface area contributed by atoms with Crippen LogP contribution < -0.4 is 4.74 Å². The molecule has 0 aliphatic heterocycles. The zero-order valence-corrected chi connectivity index (χ0v) is 8.63. The van der Waals surface area contributed by atoms with E-state index in [1.54, 1.807) is 30.3 Å². The fraction of sp³-hybridized carbons (Fsp3) is 0. The maximum absolute atomic E-state index is 12.9. The van der Waals surface area contributed by atoms with Gasteiger partial charge in [-0.25, -0.2) is 14.2 Å². The summed E-state index contributed by atoms with van der Waals surface area (Å²) in [6, 6.07) is 9.43. The van der Waals surface area contributed by atoms with E-state index in [1.165, 1.54) is 0 Å². The van der Waals surface area contributed by atoms with Crippen molar-refractivity contribution >= 4 is 5.97 Å². The van der Waals surface area contributed by atoms with Crippen LogP contribution in [-0.2, 0) is 0 Å². The lowest BCUT2D eigenvalue weighted by Gasteiger charge is -2.06. The lowest BCUT2D eigenvalue weighted by molar-refractivity contribution is 0.0692. The highest BCUT2D eigenvalue weighted by Crippen LogP contribution is 2.23. The van der Waals surface area contributed by atoms with Crippen LogP contribution in [-0.4, -0.2) is 16.1 Å². The molecule has 0 bridgehead atoms. The first kappa shape index (κ1) is 11.1. The summed E-state index contributed by atoms with van der Waals surface area (Å²) in [5.41, 5.74) is -0.311. The Labute approximate surface area is 96.3 Å². The summed E-state index contributed by atoms with van der Waals surface area (Å²) in [5.74, 6) is -1.70. The Morgan fingerprint density at radius 3 is 2.65 bits per heavy atom. The minimum atomic E-state index is -1.29. The molecule has 0 saturated carbocycles. The van der Waals surface area contributed by atoms with Crippen molar-refractivity contribution in [1.82, 2.24) is 4.98 Å². The van der Waals surface area contributed by atoms with E-state index in [4.69, 9.17) is 9.84 Å². The Morgan fingerprint density at radius 2 is 2.00 bits per heavy atom. The molecule has 0 aliphatic rings. The summed E-state index contributed by atoms with van der Waals surface area (Å²) in [5, 5.41) is 8.88. The third-order valence-electron chi connectivity index (χ3n) is 2.01. The molecule has 86 valence electrons. The summed E-state index contributed by atoms with van der Waals surface area (Å²) >= 11 is 0. The van der Waals surface area contributed by atoms with Crippen molar-refractivity contribution in [2.45, 2.75) is 0 Å². The zero-order valence-electron chi connectivity index (χ0n) is 8.63. The number of carboxylic acids is 1. The van der Waals surface area contributed by atoms with Gasteiger partial charge in [0.05, 0.1) is 6.20 Å². The Hall–Kier alpha value is -2.43. The van der Waals surface area contributed by atoms with Gasteiger partial charge in [0.1, 0.15) is 17.1 Å². The first-order chi connectivity index (χ1) is 8.16. The minimum Gasteiger partial charge on any atom is -0.477 e. The van der Waals surface area contributed by atoms with Crippen molar-refractivity contribution in [3.63, 3.8) is 0 Å². The molecule has 1 aromatic carbocycles. The highest BCUT2D eigenvalue weighted by atomic mass is 19.1. The van der Waals surface area contributed by atoms with Gasteiger partial charge in [-0.1, -0.05) is 18.2 Å². The van der Waals surface area contributed by atoms with Crippen molar-refractivity contribution in [3.8, 4) is 11.6 Å². The van der Waals surface area contributed by atoms with Gasteiger partial charge < -0.3 is 9.84 Å². The molecule has 1 heterocycles. The smallest absolute Gasteiger partial charge is 0.341 e. The molecule has 4 nitrogen and oxygen atoms in total. The van der Waals surface area contributed by atoms with E-state index in [2.05, 4.69) is 4.98 Å². The van der Waals surface area contributed by atoms with Crippen molar-refractivity contribution in [2.75, 3.05) is 0 Å². The van der Waals surface area contributed by atoms with Gasteiger partial charge in [0.2, 0.25) is 5.88 Å². The Bertz CT molecular complexity index is 543. The summed E-state index contributed by atoms with van der Waals surface area (Å²) < 4.78 is 18.1. The first-order valence-corrected chi connectivity index (χ1v) is 4.78. The van der Waals surface area contributed by atoms with Crippen LogP contribution in [0.4, 0.5) is 4.39 Å². The van der Waals surface area contributed by atoms with E-state index in [0.717, 1.165) is 12.3 Å². The van der Waals surface area contributed by atoms with Crippen LogP contribution in [0, 0.1) is 5.82 Å². The SMILES string of the molecule is O=C(O)c1cc(F)cnc1Oc1ccccc1. The Morgan fingerprint density at radius 1 is 1.29 bits per heavy atom. The standard InChI is InChI=1S/C12H8FNO3/c13-8-6-10(12(15)16)11(14-7-8)17-9-4-2-1-3-5-9/h1-7H,(H,15,16). The minimum absolute atomic E-state index is 0.134. The van der Waals surface area contributed by atoms with Crippen LogP contribution >= 0.6 is 0 Å². The average Bonchev–Trinajstić information content (AvgIpc) is 2.32. The topological polar surface area (TPSA) is 59.4 Å². The molecule has 1 aromatic heterocycles. The molecule has 0 amide bonds. The maximum Gasteiger partial charge on any atom is 0.341 e. The highest BCUT2D eigenvalue weighted by molar-refractivity contribution is 5.90. The van der Waals surface area contributed by atoms with E-state index >= 15 is 0 Å². The fourth-order valence-corrected chi connectivity index (χ4v) is 1.26. The van der Waals surface area contributed by atoms with Gasteiger partial charge >= 0.3 is 5.97 Å². The number of aromatic carboxylic acids is 1. The van der Waals surface area contributed by atoms with Gasteiger partial charge in [0.15, 0.2) is 0 Å². The van der Waals surface area contributed by atoms with E-state index in [1.807, 2.05) is 0 Å². The van der Waals surface area contributed by atoms with Gasteiger partial charge in [-0.2, -0.15) is 0 Å². The molecular formula is C12H8FNO3. The van der Waals surface area contributed by atoms with E-state index in [-0.39, 0.29) is 11.4 Å². The van der Waals surface area contributed by atoms with Crippen LogP contribution in [0.1, 0.15) is 10.4 Å². The molecule has 0 spiro atoms. The predicted octanol–water partition coefficient (Wildman–Crippen LogP) is 2.71. The van der Waals surface area contributed by atoms with E-state index in [0.29, 0.717) is 5.75 Å². The molecule has 17 heavy (non-hydrogen) atoms. The van der Waals surface area contributed by atoms with Crippen molar-refractivity contribution in [3.05, 3.63) is 54.0 Å². The number of benzene rings is 1. The maximum atomic E-state index is 12.9. The van der Waals surface area contributed by atoms with Gasteiger partial charge in [-0.05, 0) is 18.2 Å². The summed E-state index contributed by atoms with van der Waals surface area (Å²) in [7, 11) is 0. The largest absolute Gasteiger partial charge is 0.477 e. The summed E-state index contributed by atoms with van der Waals surface area (Å²) in [6.07, 6.45) is 0.907. The number of carboxylic acid groups (broad SMARTS) is 1. The average molecular weight is 233 g/mol. The Kier molecular flexibility index (Phi) is 3.00. The quantitative estimate of drug-likeness (QED) is 0.885. The number of hydrogen-bond donors (Lipinski definition) is 1. The number of ether oxygens (including phenoxy) is 1. The third kappa shape index (κ3) is 2.57. The van der Waals surface area contributed by atoms with E-state index in [9.17, 15) is 9.18 Å².